The first-order valence-electron chi connectivity index (χ1n) is 8.58. The monoisotopic (exact) mass is 391 g/mol. The molecule has 28 heavy (non-hydrogen) atoms. The Kier molecular flexibility index (Phi) is 4.99. The van der Waals surface area contributed by atoms with Crippen LogP contribution in [0.5, 0.6) is 5.75 Å². The molecule has 140 valence electrons. The van der Waals surface area contributed by atoms with E-state index in [-0.39, 0.29) is 5.75 Å². The third-order valence-corrected chi connectivity index (χ3v) is 5.16. The van der Waals surface area contributed by atoms with E-state index in [9.17, 15) is 4.79 Å². The lowest BCUT2D eigenvalue weighted by Crippen LogP contribution is -1.97. The van der Waals surface area contributed by atoms with Crippen LogP contribution >= 0.6 is 11.8 Å². The number of nitrogens with zero attached hydrogens (tertiary/aromatic N) is 2. The summed E-state index contributed by atoms with van der Waals surface area (Å²) in [6, 6.07) is 20.3. The number of aromatic nitrogens is 3. The minimum atomic E-state index is -0.890. The molecule has 1 heterocycles. The van der Waals surface area contributed by atoms with Crippen LogP contribution in [0.2, 0.25) is 0 Å². The van der Waals surface area contributed by atoms with E-state index in [1.165, 1.54) is 0 Å². The van der Waals surface area contributed by atoms with Gasteiger partial charge in [0.1, 0.15) is 5.75 Å². The first kappa shape index (κ1) is 18.1. The lowest BCUT2D eigenvalue weighted by Gasteiger charge is -2.07. The molecule has 6 nitrogen and oxygen atoms in total. The summed E-state index contributed by atoms with van der Waals surface area (Å²) >= 11 is 1.11. The summed E-state index contributed by atoms with van der Waals surface area (Å²) in [5, 5.41) is 19.7. The van der Waals surface area contributed by atoms with Crippen LogP contribution in [0.3, 0.4) is 0 Å². The van der Waals surface area contributed by atoms with Gasteiger partial charge in [0.25, 0.3) is 0 Å². The highest BCUT2D eigenvalue weighted by atomic mass is 32.2. The number of carboxylic acids is 1. The topological polar surface area (TPSA) is 88.1 Å². The molecule has 0 saturated carbocycles. The van der Waals surface area contributed by atoms with E-state index in [0.29, 0.717) is 11.0 Å². The Morgan fingerprint density at radius 2 is 1.75 bits per heavy atom. The Labute approximate surface area is 165 Å². The molecule has 3 aromatic carbocycles. The van der Waals surface area contributed by atoms with Crippen molar-refractivity contribution in [1.29, 1.82) is 0 Å². The zero-order chi connectivity index (χ0) is 19.5. The molecule has 0 fully saturated rings. The van der Waals surface area contributed by atoms with Gasteiger partial charge in [-0.2, -0.15) is 0 Å². The molecule has 0 amide bonds. The van der Waals surface area contributed by atoms with Crippen LogP contribution in [0.15, 0.2) is 65.8 Å². The van der Waals surface area contributed by atoms with Crippen LogP contribution in [0.1, 0.15) is 0 Å². The first-order valence-corrected chi connectivity index (χ1v) is 9.57. The molecule has 0 saturated heterocycles. The van der Waals surface area contributed by atoms with Crippen LogP contribution in [0, 0.1) is 0 Å². The largest absolute Gasteiger partial charge is 0.497 e. The molecular formula is C21H17N3O3S. The zero-order valence-corrected chi connectivity index (χ0v) is 15.9. The zero-order valence-electron chi connectivity index (χ0n) is 15.0. The smallest absolute Gasteiger partial charge is 0.313 e. The molecule has 0 radical (unpaired) electrons. The van der Waals surface area contributed by atoms with Crippen LogP contribution in [0.4, 0.5) is 0 Å². The normalized spacial score (nSPS) is 10.9. The minimum absolute atomic E-state index is 0.0590. The summed E-state index contributed by atoms with van der Waals surface area (Å²) in [5.41, 5.74) is 3.05. The van der Waals surface area contributed by atoms with Gasteiger partial charge in [-0.25, -0.2) is 0 Å². The Balaban J connectivity index is 1.63. The molecule has 0 unspecified atom stereocenters. The van der Waals surface area contributed by atoms with Crippen molar-refractivity contribution in [2.45, 2.75) is 5.16 Å². The Bertz CT molecular complexity index is 1160. The number of thioether (sulfide) groups is 1. The van der Waals surface area contributed by atoms with Crippen LogP contribution < -0.4 is 4.74 Å². The third kappa shape index (κ3) is 3.84. The van der Waals surface area contributed by atoms with Gasteiger partial charge in [-0.1, -0.05) is 48.2 Å². The number of carbonyl (C=O) groups is 1. The second-order valence-electron chi connectivity index (χ2n) is 6.17. The van der Waals surface area contributed by atoms with E-state index >= 15 is 0 Å². The number of nitrogens with one attached hydrogen (secondary N) is 1. The predicted molar refractivity (Wildman–Crippen MR) is 110 cm³/mol. The minimum Gasteiger partial charge on any atom is -0.497 e. The summed E-state index contributed by atoms with van der Waals surface area (Å²) in [6.45, 7) is 0. The number of hydrogen-bond acceptors (Lipinski definition) is 5. The number of rotatable bonds is 6. The SMILES string of the molecule is COc1ccc2cc(-c3cccc(-c4nnc(SCC(=O)O)[nH]4)c3)ccc2c1. The van der Waals surface area contributed by atoms with E-state index in [1.807, 2.05) is 42.5 Å². The second kappa shape index (κ2) is 7.74. The highest BCUT2D eigenvalue weighted by Gasteiger charge is 2.09. The average Bonchev–Trinajstić information content (AvgIpc) is 3.21. The average molecular weight is 391 g/mol. The van der Waals surface area contributed by atoms with Gasteiger partial charge in [0.05, 0.1) is 12.9 Å². The Morgan fingerprint density at radius 3 is 2.57 bits per heavy atom. The van der Waals surface area contributed by atoms with Crippen molar-refractivity contribution in [3.63, 3.8) is 0 Å². The molecule has 4 rings (SSSR count). The van der Waals surface area contributed by atoms with Gasteiger partial charge in [-0.15, -0.1) is 10.2 Å². The Hall–Kier alpha value is -3.32. The molecule has 0 spiro atoms. The standard InChI is InChI=1S/C21H17N3O3S/c1-27-18-8-7-15-9-14(5-6-16(15)11-18)13-3-2-4-17(10-13)20-22-21(24-23-20)28-12-19(25)26/h2-11H,12H2,1H3,(H,25,26)(H,22,23,24). The van der Waals surface area contributed by atoms with E-state index in [4.69, 9.17) is 9.84 Å². The van der Waals surface area contributed by atoms with Crippen molar-refractivity contribution < 1.29 is 14.6 Å². The van der Waals surface area contributed by atoms with Crippen molar-refractivity contribution >= 4 is 28.5 Å². The van der Waals surface area contributed by atoms with Crippen LogP contribution in [-0.4, -0.2) is 39.1 Å². The number of ether oxygens (including phenoxy) is 1. The number of aliphatic carboxylic acids is 1. The van der Waals surface area contributed by atoms with E-state index in [1.54, 1.807) is 7.11 Å². The molecule has 0 atom stereocenters. The fourth-order valence-corrected chi connectivity index (χ4v) is 3.48. The summed E-state index contributed by atoms with van der Waals surface area (Å²) in [6.07, 6.45) is 0. The predicted octanol–water partition coefficient (Wildman–Crippen LogP) is 4.48. The number of hydrogen-bond donors (Lipinski definition) is 2. The Morgan fingerprint density at radius 1 is 1.00 bits per heavy atom. The van der Waals surface area contributed by atoms with Crippen molar-refractivity contribution in [2.24, 2.45) is 0 Å². The molecule has 0 aliphatic carbocycles. The number of carboxylic acid groups (broad SMARTS) is 1. The van der Waals surface area contributed by atoms with Crippen LogP contribution in [-0.2, 0) is 4.79 Å². The number of aromatic amines is 1. The van der Waals surface area contributed by atoms with Crippen molar-refractivity contribution in [3.05, 3.63) is 60.7 Å². The fraction of sp³-hybridized carbons (Fsp3) is 0.0952. The highest BCUT2D eigenvalue weighted by molar-refractivity contribution is 7.99. The molecular weight excluding hydrogens is 374 g/mol. The van der Waals surface area contributed by atoms with Gasteiger partial charge >= 0.3 is 5.97 Å². The maximum Gasteiger partial charge on any atom is 0.313 e. The summed E-state index contributed by atoms with van der Waals surface area (Å²) < 4.78 is 5.28. The van der Waals surface area contributed by atoms with Gasteiger partial charge < -0.3 is 14.8 Å². The van der Waals surface area contributed by atoms with E-state index < -0.39 is 5.97 Å². The van der Waals surface area contributed by atoms with Gasteiger partial charge in [0.2, 0.25) is 0 Å². The summed E-state index contributed by atoms with van der Waals surface area (Å²) in [7, 11) is 1.66. The lowest BCUT2D eigenvalue weighted by atomic mass is 9.99. The molecule has 1 aromatic heterocycles. The van der Waals surface area contributed by atoms with Gasteiger partial charge in [0, 0.05) is 5.56 Å². The molecule has 0 aliphatic heterocycles. The molecule has 0 bridgehead atoms. The lowest BCUT2D eigenvalue weighted by molar-refractivity contribution is -0.133. The molecule has 7 heteroatoms. The van der Waals surface area contributed by atoms with Gasteiger partial charge in [-0.05, 0) is 46.2 Å². The van der Waals surface area contributed by atoms with Crippen molar-refractivity contribution in [1.82, 2.24) is 15.2 Å². The van der Waals surface area contributed by atoms with E-state index in [2.05, 4.69) is 33.4 Å². The molecule has 0 aliphatic rings. The summed E-state index contributed by atoms with van der Waals surface area (Å²) in [5.74, 6) is 0.500. The van der Waals surface area contributed by atoms with E-state index in [0.717, 1.165) is 45.0 Å². The maximum atomic E-state index is 10.7. The highest BCUT2D eigenvalue weighted by Crippen LogP contribution is 2.29. The molecule has 4 aromatic rings. The fourth-order valence-electron chi connectivity index (χ4n) is 2.95. The number of fused-ring (bicyclic) bond motifs is 1. The number of H-pyrrole nitrogens is 1. The first-order chi connectivity index (χ1) is 13.6. The summed E-state index contributed by atoms with van der Waals surface area (Å²) in [4.78, 5) is 13.8. The van der Waals surface area contributed by atoms with Crippen LogP contribution in [0.25, 0.3) is 33.3 Å². The maximum absolute atomic E-state index is 10.7. The number of methoxy groups -OCH3 is 1. The van der Waals surface area contributed by atoms with Crippen molar-refractivity contribution in [2.75, 3.05) is 12.9 Å². The number of benzene rings is 3. The van der Waals surface area contributed by atoms with Gasteiger partial charge in [-0.3, -0.25) is 4.79 Å². The van der Waals surface area contributed by atoms with Crippen molar-refractivity contribution in [3.8, 4) is 28.3 Å². The quantitative estimate of drug-likeness (QED) is 0.471. The van der Waals surface area contributed by atoms with Gasteiger partial charge in [0.15, 0.2) is 11.0 Å². The second-order valence-corrected chi connectivity index (χ2v) is 7.13. The molecule has 2 N–H and O–H groups in total. The third-order valence-electron chi connectivity index (χ3n) is 4.32.